The van der Waals surface area contributed by atoms with Gasteiger partial charge in [0.25, 0.3) is 0 Å². The summed E-state index contributed by atoms with van der Waals surface area (Å²) in [7, 11) is 1.31. The zero-order chi connectivity index (χ0) is 25.9. The van der Waals surface area contributed by atoms with Gasteiger partial charge in [-0.25, -0.2) is 9.59 Å². The van der Waals surface area contributed by atoms with Crippen LogP contribution in [0.25, 0.3) is 21.6 Å². The molecule has 1 heterocycles. The third-order valence-corrected chi connectivity index (χ3v) is 7.16. The van der Waals surface area contributed by atoms with E-state index in [0.717, 1.165) is 5.69 Å². The minimum atomic E-state index is -0.494. The van der Waals surface area contributed by atoms with E-state index in [1.165, 1.54) is 29.4 Å². The number of piperazine rings is 1. The third-order valence-electron chi connectivity index (χ3n) is 7.16. The molecular weight excluding hydrogens is 470 g/mol. The first-order chi connectivity index (χ1) is 18.0. The highest BCUT2D eigenvalue weighted by atomic mass is 16.6. The molecule has 5 rings (SSSR count). The van der Waals surface area contributed by atoms with Crippen LogP contribution in [0.3, 0.4) is 0 Å². The fourth-order valence-electron chi connectivity index (χ4n) is 5.17. The molecule has 0 saturated carbocycles. The lowest BCUT2D eigenvalue weighted by atomic mass is 9.98. The summed E-state index contributed by atoms with van der Waals surface area (Å²) in [4.78, 5) is 31.8. The van der Waals surface area contributed by atoms with E-state index >= 15 is 0 Å². The van der Waals surface area contributed by atoms with Crippen molar-refractivity contribution >= 4 is 23.4 Å². The SMILES string of the molecule is COC(=O)c1cc(N2CCN(C(=O)OCC3c4ccccc4-c4ccccc43)CC2)cc(N=[N+]=[N-])c1C. The summed E-state index contributed by atoms with van der Waals surface area (Å²) in [6, 6.07) is 20.0. The van der Waals surface area contributed by atoms with Gasteiger partial charge in [0.2, 0.25) is 0 Å². The Hall–Kier alpha value is -4.49. The molecule has 9 heteroatoms. The molecule has 0 atom stereocenters. The first-order valence-electron chi connectivity index (χ1n) is 12.1. The largest absolute Gasteiger partial charge is 0.465 e. The maximum Gasteiger partial charge on any atom is 0.409 e. The molecule has 0 bridgehead atoms. The van der Waals surface area contributed by atoms with E-state index in [-0.39, 0.29) is 18.6 Å². The zero-order valence-corrected chi connectivity index (χ0v) is 20.8. The van der Waals surface area contributed by atoms with Gasteiger partial charge < -0.3 is 19.3 Å². The average Bonchev–Trinajstić information content (AvgIpc) is 3.26. The zero-order valence-electron chi connectivity index (χ0n) is 20.8. The Morgan fingerprint density at radius 3 is 2.22 bits per heavy atom. The second-order valence-electron chi connectivity index (χ2n) is 9.10. The van der Waals surface area contributed by atoms with Gasteiger partial charge >= 0.3 is 12.1 Å². The van der Waals surface area contributed by atoms with Gasteiger partial charge in [-0.1, -0.05) is 53.6 Å². The highest BCUT2D eigenvalue weighted by Gasteiger charge is 2.30. The minimum absolute atomic E-state index is 0.0149. The van der Waals surface area contributed by atoms with Crippen molar-refractivity contribution in [2.24, 2.45) is 5.11 Å². The molecule has 2 aliphatic rings. The molecule has 1 saturated heterocycles. The Kier molecular flexibility index (Phi) is 6.70. The molecule has 1 aliphatic carbocycles. The number of azide groups is 1. The summed E-state index contributed by atoms with van der Waals surface area (Å²) in [5.74, 6) is -0.480. The number of benzene rings is 3. The number of ether oxygens (including phenoxy) is 2. The van der Waals surface area contributed by atoms with Gasteiger partial charge in [-0.3, -0.25) is 0 Å². The quantitative estimate of drug-likeness (QED) is 0.192. The van der Waals surface area contributed by atoms with E-state index in [1.807, 2.05) is 24.3 Å². The lowest BCUT2D eigenvalue weighted by molar-refractivity contribution is 0.0600. The van der Waals surface area contributed by atoms with Crippen molar-refractivity contribution in [1.82, 2.24) is 4.90 Å². The predicted octanol–water partition coefficient (Wildman–Crippen LogP) is 5.79. The number of esters is 1. The number of carbonyl (C=O) groups excluding carboxylic acids is 2. The standard InChI is InChI=1S/C28H27N5O4/c1-18-24(27(34)36-2)15-19(16-26(18)30-31-29)32-11-13-33(14-12-32)28(35)37-17-25-22-9-5-3-7-20(22)21-8-4-6-10-23(21)25/h3-10,15-16,25H,11-14,17H2,1-2H3. The monoisotopic (exact) mass is 497 g/mol. The molecule has 0 spiro atoms. The van der Waals surface area contributed by atoms with E-state index in [9.17, 15) is 9.59 Å². The molecule has 0 aromatic heterocycles. The number of carbonyl (C=O) groups is 2. The number of rotatable bonds is 5. The van der Waals surface area contributed by atoms with Crippen molar-refractivity contribution in [1.29, 1.82) is 0 Å². The van der Waals surface area contributed by atoms with Gasteiger partial charge in [-0.15, -0.1) is 0 Å². The van der Waals surface area contributed by atoms with Crippen LogP contribution in [0.1, 0.15) is 33.0 Å². The van der Waals surface area contributed by atoms with Crippen LogP contribution in [-0.4, -0.2) is 56.9 Å². The Morgan fingerprint density at radius 1 is 1.00 bits per heavy atom. The van der Waals surface area contributed by atoms with Gasteiger partial charge in [0, 0.05) is 48.4 Å². The molecule has 1 amide bonds. The molecule has 0 radical (unpaired) electrons. The molecule has 0 unspecified atom stereocenters. The second kappa shape index (κ2) is 10.2. The Morgan fingerprint density at radius 2 is 1.62 bits per heavy atom. The number of fused-ring (bicyclic) bond motifs is 3. The van der Waals surface area contributed by atoms with Gasteiger partial charge in [-0.05, 0) is 52.4 Å². The number of amides is 1. The number of nitrogens with zero attached hydrogens (tertiary/aromatic N) is 5. The molecule has 188 valence electrons. The molecule has 1 aliphatic heterocycles. The van der Waals surface area contributed by atoms with Crippen LogP contribution >= 0.6 is 0 Å². The molecule has 3 aromatic carbocycles. The van der Waals surface area contributed by atoms with Crippen LogP contribution in [-0.2, 0) is 9.47 Å². The molecule has 1 fully saturated rings. The minimum Gasteiger partial charge on any atom is -0.465 e. The molecule has 9 nitrogen and oxygen atoms in total. The smallest absolute Gasteiger partial charge is 0.409 e. The van der Waals surface area contributed by atoms with Gasteiger partial charge in [0.05, 0.1) is 12.7 Å². The van der Waals surface area contributed by atoms with Gasteiger partial charge in [0.1, 0.15) is 6.61 Å². The van der Waals surface area contributed by atoms with Crippen molar-refractivity contribution in [3.8, 4) is 11.1 Å². The second-order valence-corrected chi connectivity index (χ2v) is 9.10. The Balaban J connectivity index is 1.25. The summed E-state index contributed by atoms with van der Waals surface area (Å²) in [5, 5.41) is 3.74. The van der Waals surface area contributed by atoms with Crippen molar-refractivity contribution in [2.45, 2.75) is 12.8 Å². The third kappa shape index (κ3) is 4.57. The maximum atomic E-state index is 13.0. The van der Waals surface area contributed by atoms with Crippen molar-refractivity contribution < 1.29 is 19.1 Å². The summed E-state index contributed by atoms with van der Waals surface area (Å²) < 4.78 is 10.7. The maximum absolute atomic E-state index is 13.0. The number of hydrogen-bond acceptors (Lipinski definition) is 6. The molecular formula is C28H27N5O4. The lowest BCUT2D eigenvalue weighted by Crippen LogP contribution is -2.49. The van der Waals surface area contributed by atoms with Gasteiger partial charge in [0.15, 0.2) is 0 Å². The van der Waals surface area contributed by atoms with Crippen molar-refractivity contribution in [2.75, 3.05) is 44.8 Å². The normalized spacial score (nSPS) is 14.4. The average molecular weight is 498 g/mol. The predicted molar refractivity (Wildman–Crippen MR) is 140 cm³/mol. The summed E-state index contributed by atoms with van der Waals surface area (Å²) in [6.07, 6.45) is -0.338. The van der Waals surface area contributed by atoms with Crippen LogP contribution in [0.4, 0.5) is 16.2 Å². The topological polar surface area (TPSA) is 108 Å². The van der Waals surface area contributed by atoms with Gasteiger partial charge in [-0.2, -0.15) is 0 Å². The van der Waals surface area contributed by atoms with E-state index in [4.69, 9.17) is 15.0 Å². The van der Waals surface area contributed by atoms with Crippen molar-refractivity contribution in [3.63, 3.8) is 0 Å². The Labute approximate surface area is 214 Å². The lowest BCUT2D eigenvalue weighted by Gasteiger charge is -2.36. The summed E-state index contributed by atoms with van der Waals surface area (Å²) in [5.41, 5.74) is 15.7. The van der Waals surface area contributed by atoms with E-state index in [1.54, 1.807) is 24.0 Å². The number of hydrogen-bond donors (Lipinski definition) is 0. The van der Waals surface area contributed by atoms with E-state index < -0.39 is 5.97 Å². The highest BCUT2D eigenvalue weighted by Crippen LogP contribution is 2.44. The fraction of sp³-hybridized carbons (Fsp3) is 0.286. The first kappa shape index (κ1) is 24.2. The van der Waals surface area contributed by atoms with E-state index in [0.29, 0.717) is 43.0 Å². The first-order valence-corrected chi connectivity index (χ1v) is 12.1. The van der Waals surface area contributed by atoms with Crippen LogP contribution in [0.5, 0.6) is 0 Å². The van der Waals surface area contributed by atoms with Crippen LogP contribution in [0, 0.1) is 6.92 Å². The summed E-state index contributed by atoms with van der Waals surface area (Å²) >= 11 is 0. The highest BCUT2D eigenvalue weighted by molar-refractivity contribution is 5.94. The number of anilines is 1. The number of methoxy groups -OCH3 is 1. The molecule has 0 N–H and O–H groups in total. The van der Waals surface area contributed by atoms with Crippen LogP contribution in [0.2, 0.25) is 0 Å². The van der Waals surface area contributed by atoms with E-state index in [2.05, 4.69) is 39.2 Å². The Bertz CT molecular complexity index is 1360. The van der Waals surface area contributed by atoms with Crippen LogP contribution < -0.4 is 4.90 Å². The summed E-state index contributed by atoms with van der Waals surface area (Å²) in [6.45, 7) is 4.02. The molecule has 3 aromatic rings. The van der Waals surface area contributed by atoms with Crippen molar-refractivity contribution in [3.05, 3.63) is 93.4 Å². The van der Waals surface area contributed by atoms with Crippen LogP contribution in [0.15, 0.2) is 65.8 Å². The fourth-order valence-corrected chi connectivity index (χ4v) is 5.17. The molecule has 37 heavy (non-hydrogen) atoms.